The van der Waals surface area contributed by atoms with Crippen LogP contribution in [-0.4, -0.2) is 62.3 Å². The van der Waals surface area contributed by atoms with Gasteiger partial charge in [-0.3, -0.25) is 4.79 Å². The Morgan fingerprint density at radius 3 is 2.20 bits per heavy atom. The van der Waals surface area contributed by atoms with Gasteiger partial charge >= 0.3 is 5.97 Å². The number of ether oxygens (including phenoxy) is 1. The van der Waals surface area contributed by atoms with Crippen LogP contribution in [-0.2, 0) is 19.6 Å². The number of hydrogen-bond donors (Lipinski definition) is 0. The number of hydrogen-bond acceptors (Lipinski definition) is 5. The van der Waals surface area contributed by atoms with E-state index in [0.29, 0.717) is 18.7 Å². The molecule has 1 heterocycles. The van der Waals surface area contributed by atoms with Crippen molar-refractivity contribution in [1.82, 2.24) is 9.21 Å². The van der Waals surface area contributed by atoms with Crippen molar-refractivity contribution in [3.05, 3.63) is 71.8 Å². The van der Waals surface area contributed by atoms with Crippen molar-refractivity contribution in [2.75, 3.05) is 32.8 Å². The number of carbonyl (C=O) groups excluding carboxylic acids is 2. The first-order valence-corrected chi connectivity index (χ1v) is 11.1. The normalized spacial score (nSPS) is 15.3. The van der Waals surface area contributed by atoms with E-state index in [2.05, 4.69) is 0 Å². The molecule has 0 saturated carbocycles. The summed E-state index contributed by atoms with van der Waals surface area (Å²) in [4.78, 5) is 25.9. The van der Waals surface area contributed by atoms with Crippen molar-refractivity contribution < 1.29 is 22.7 Å². The van der Waals surface area contributed by atoms with Gasteiger partial charge < -0.3 is 9.64 Å². The summed E-state index contributed by atoms with van der Waals surface area (Å²) >= 11 is 0. The maximum atomic E-state index is 12.9. The first-order valence-electron chi connectivity index (χ1n) is 9.71. The average molecular weight is 429 g/mol. The van der Waals surface area contributed by atoms with Crippen molar-refractivity contribution in [2.24, 2.45) is 0 Å². The Kier molecular flexibility index (Phi) is 7.02. The summed E-state index contributed by atoms with van der Waals surface area (Å²) in [6.45, 7) is 3.02. The Labute approximate surface area is 176 Å². The van der Waals surface area contributed by atoms with Gasteiger partial charge in [-0.2, -0.15) is 4.31 Å². The Hall–Kier alpha value is -2.97. The van der Waals surface area contributed by atoms with Gasteiger partial charge in [0.05, 0.1) is 17.1 Å². The lowest BCUT2D eigenvalue weighted by atomic mass is 10.2. The molecule has 1 amide bonds. The number of sulfonamides is 1. The minimum atomic E-state index is -3.70. The number of carbonyl (C=O) groups is 2. The summed E-state index contributed by atoms with van der Waals surface area (Å²) in [5.41, 5.74) is 1.23. The lowest BCUT2D eigenvalue weighted by Crippen LogP contribution is -2.50. The first kappa shape index (κ1) is 21.7. The SMILES string of the molecule is CCOC(=O)c1ccc(S(=O)(=O)N2CCN(C(=O)/C=C/c3ccccc3)CC2)cc1. The molecule has 2 aromatic carbocycles. The summed E-state index contributed by atoms with van der Waals surface area (Å²) in [5, 5.41) is 0. The summed E-state index contributed by atoms with van der Waals surface area (Å²) in [7, 11) is -3.70. The molecular weight excluding hydrogens is 404 g/mol. The Morgan fingerprint density at radius 1 is 0.967 bits per heavy atom. The lowest BCUT2D eigenvalue weighted by molar-refractivity contribution is -0.127. The quantitative estimate of drug-likeness (QED) is 0.521. The van der Waals surface area contributed by atoms with E-state index in [1.165, 1.54) is 34.6 Å². The molecular formula is C22H24N2O5S. The summed E-state index contributed by atoms with van der Waals surface area (Å²) < 4.78 is 32.0. The Morgan fingerprint density at radius 2 is 1.60 bits per heavy atom. The summed E-state index contributed by atoms with van der Waals surface area (Å²) in [6.07, 6.45) is 3.25. The zero-order chi connectivity index (χ0) is 21.6. The molecule has 8 heteroatoms. The monoisotopic (exact) mass is 428 g/mol. The van der Waals surface area contributed by atoms with Crippen LogP contribution < -0.4 is 0 Å². The van der Waals surface area contributed by atoms with Crippen LogP contribution in [0.15, 0.2) is 65.6 Å². The van der Waals surface area contributed by atoms with Crippen LogP contribution in [0.1, 0.15) is 22.8 Å². The third-order valence-electron chi connectivity index (χ3n) is 4.77. The predicted octanol–water partition coefficient (Wildman–Crippen LogP) is 2.41. The second-order valence-corrected chi connectivity index (χ2v) is 8.66. The molecule has 0 spiro atoms. The maximum absolute atomic E-state index is 12.9. The zero-order valence-corrected chi connectivity index (χ0v) is 17.5. The minimum absolute atomic E-state index is 0.110. The Bertz CT molecular complexity index is 1010. The molecule has 0 aromatic heterocycles. The summed E-state index contributed by atoms with van der Waals surface area (Å²) in [5.74, 6) is -0.633. The molecule has 7 nitrogen and oxygen atoms in total. The largest absolute Gasteiger partial charge is 0.462 e. The highest BCUT2D eigenvalue weighted by Gasteiger charge is 2.29. The van der Waals surface area contributed by atoms with Gasteiger partial charge in [0, 0.05) is 32.3 Å². The molecule has 2 aromatic rings. The van der Waals surface area contributed by atoms with E-state index >= 15 is 0 Å². The molecule has 0 radical (unpaired) electrons. The van der Waals surface area contributed by atoms with Crippen molar-refractivity contribution >= 4 is 28.0 Å². The molecule has 0 aliphatic carbocycles. The fraction of sp³-hybridized carbons (Fsp3) is 0.273. The van der Waals surface area contributed by atoms with E-state index in [1.807, 2.05) is 30.3 Å². The first-order chi connectivity index (χ1) is 14.4. The van der Waals surface area contributed by atoms with Gasteiger partial charge in [-0.25, -0.2) is 13.2 Å². The van der Waals surface area contributed by atoms with E-state index in [1.54, 1.807) is 17.9 Å². The van der Waals surface area contributed by atoms with Crippen molar-refractivity contribution in [3.63, 3.8) is 0 Å². The molecule has 3 rings (SSSR count). The zero-order valence-electron chi connectivity index (χ0n) is 16.7. The predicted molar refractivity (Wildman–Crippen MR) is 113 cm³/mol. The van der Waals surface area contributed by atoms with Gasteiger partial charge in [-0.1, -0.05) is 30.3 Å². The van der Waals surface area contributed by atoms with E-state index in [0.717, 1.165) is 5.56 Å². The van der Waals surface area contributed by atoms with Crippen LogP contribution in [0.2, 0.25) is 0 Å². The van der Waals surface area contributed by atoms with Gasteiger partial charge in [0.1, 0.15) is 0 Å². The molecule has 1 fully saturated rings. The third-order valence-corrected chi connectivity index (χ3v) is 6.68. The van der Waals surface area contributed by atoms with Crippen molar-refractivity contribution in [2.45, 2.75) is 11.8 Å². The number of amides is 1. The van der Waals surface area contributed by atoms with Crippen LogP contribution in [0.4, 0.5) is 0 Å². The fourth-order valence-corrected chi connectivity index (χ4v) is 4.53. The highest BCUT2D eigenvalue weighted by molar-refractivity contribution is 7.89. The van der Waals surface area contributed by atoms with E-state index in [9.17, 15) is 18.0 Å². The second kappa shape index (κ2) is 9.69. The van der Waals surface area contributed by atoms with Crippen LogP contribution in [0, 0.1) is 0 Å². The number of esters is 1. The van der Waals surface area contributed by atoms with Gasteiger partial charge in [-0.15, -0.1) is 0 Å². The standard InChI is InChI=1S/C22H24N2O5S/c1-2-29-22(26)19-9-11-20(12-10-19)30(27,28)24-16-14-23(15-17-24)21(25)13-8-18-6-4-3-5-7-18/h3-13H,2,14-17H2,1H3/b13-8+. The van der Waals surface area contributed by atoms with Crippen LogP contribution >= 0.6 is 0 Å². The molecule has 158 valence electrons. The molecule has 0 unspecified atom stereocenters. The Balaban J connectivity index is 1.60. The third kappa shape index (κ3) is 5.14. The molecule has 1 aliphatic heterocycles. The minimum Gasteiger partial charge on any atom is -0.462 e. The van der Waals surface area contributed by atoms with Crippen molar-refractivity contribution in [3.8, 4) is 0 Å². The molecule has 0 N–H and O–H groups in total. The molecule has 30 heavy (non-hydrogen) atoms. The smallest absolute Gasteiger partial charge is 0.338 e. The summed E-state index contributed by atoms with van der Waals surface area (Å²) in [6, 6.07) is 15.2. The average Bonchev–Trinajstić information content (AvgIpc) is 2.78. The number of piperazine rings is 1. The number of nitrogens with zero attached hydrogens (tertiary/aromatic N) is 2. The van der Waals surface area contributed by atoms with Gasteiger partial charge in [0.2, 0.25) is 15.9 Å². The highest BCUT2D eigenvalue weighted by Crippen LogP contribution is 2.19. The topological polar surface area (TPSA) is 84.0 Å². The van der Waals surface area contributed by atoms with E-state index in [-0.39, 0.29) is 30.5 Å². The molecule has 1 aliphatic rings. The van der Waals surface area contributed by atoms with Crippen LogP contribution in [0.5, 0.6) is 0 Å². The number of rotatable bonds is 6. The van der Waals surface area contributed by atoms with Gasteiger partial charge in [-0.05, 0) is 42.8 Å². The van der Waals surface area contributed by atoms with E-state index in [4.69, 9.17) is 4.74 Å². The molecule has 1 saturated heterocycles. The molecule has 0 bridgehead atoms. The molecule has 0 atom stereocenters. The van der Waals surface area contributed by atoms with Crippen molar-refractivity contribution in [1.29, 1.82) is 0 Å². The van der Waals surface area contributed by atoms with Crippen LogP contribution in [0.25, 0.3) is 6.08 Å². The van der Waals surface area contributed by atoms with Gasteiger partial charge in [0.15, 0.2) is 0 Å². The number of benzene rings is 2. The lowest BCUT2D eigenvalue weighted by Gasteiger charge is -2.33. The van der Waals surface area contributed by atoms with E-state index < -0.39 is 16.0 Å². The van der Waals surface area contributed by atoms with Gasteiger partial charge in [0.25, 0.3) is 0 Å². The highest BCUT2D eigenvalue weighted by atomic mass is 32.2. The van der Waals surface area contributed by atoms with Crippen LogP contribution in [0.3, 0.4) is 0 Å². The second-order valence-electron chi connectivity index (χ2n) is 6.72. The maximum Gasteiger partial charge on any atom is 0.338 e. The fourth-order valence-electron chi connectivity index (χ4n) is 3.11.